The van der Waals surface area contributed by atoms with Crippen LogP contribution < -0.4 is 20.2 Å². The number of nitrogens with one attached hydrogen (secondary N) is 2. The fourth-order valence-corrected chi connectivity index (χ4v) is 3.47. The largest absolute Gasteiger partial charge is 0.493 e. The first-order valence-corrected chi connectivity index (χ1v) is 11.5. The molecule has 0 bridgehead atoms. The van der Waals surface area contributed by atoms with Gasteiger partial charge in [0.15, 0.2) is 11.5 Å². The summed E-state index contributed by atoms with van der Waals surface area (Å²) >= 11 is 9.23. The Morgan fingerprint density at radius 1 is 1.09 bits per heavy atom. The first-order chi connectivity index (χ1) is 16.4. The van der Waals surface area contributed by atoms with E-state index in [1.807, 2.05) is 12.1 Å². The van der Waals surface area contributed by atoms with Crippen LogP contribution in [0.3, 0.4) is 0 Å². The number of carbonyl (C=O) groups is 2. The molecule has 0 spiro atoms. The first kappa shape index (κ1) is 25.3. The number of ether oxygens (including phenoxy) is 2. The topological polar surface area (TPSA) is 89.0 Å². The molecule has 3 aromatic carbocycles. The van der Waals surface area contributed by atoms with Crippen molar-refractivity contribution in [2.45, 2.75) is 19.6 Å². The fourth-order valence-electron chi connectivity index (χ4n) is 2.88. The van der Waals surface area contributed by atoms with E-state index in [-0.39, 0.29) is 5.91 Å². The lowest BCUT2D eigenvalue weighted by molar-refractivity contribution is -0.122. The Bertz CT molecular complexity index is 1190. The molecule has 0 aliphatic heterocycles. The number of rotatable bonds is 9. The molecule has 0 saturated carbocycles. The summed E-state index contributed by atoms with van der Waals surface area (Å²) in [5, 5.41) is 7.28. The molecule has 1 atom stereocenters. The molecule has 0 aliphatic carbocycles. The number of halogens is 2. The van der Waals surface area contributed by atoms with E-state index in [9.17, 15) is 9.59 Å². The zero-order valence-electron chi connectivity index (χ0n) is 18.5. The van der Waals surface area contributed by atoms with Gasteiger partial charge in [-0.1, -0.05) is 35.9 Å². The number of hydrogen-bond donors (Lipinski definition) is 2. The van der Waals surface area contributed by atoms with Crippen molar-refractivity contribution in [2.75, 3.05) is 7.11 Å². The fraction of sp³-hybridized carbons (Fsp3) is 0.160. The van der Waals surface area contributed by atoms with Gasteiger partial charge < -0.3 is 14.8 Å². The lowest BCUT2D eigenvalue weighted by atomic mass is 10.2. The van der Waals surface area contributed by atoms with Crippen molar-refractivity contribution in [1.82, 2.24) is 10.7 Å². The summed E-state index contributed by atoms with van der Waals surface area (Å²) in [6, 6.07) is 18.9. The zero-order valence-corrected chi connectivity index (χ0v) is 20.9. The highest BCUT2D eigenvalue weighted by Crippen LogP contribution is 2.28. The van der Waals surface area contributed by atoms with Crippen LogP contribution in [0.15, 0.2) is 76.3 Å². The van der Waals surface area contributed by atoms with Gasteiger partial charge in [0.25, 0.3) is 11.8 Å². The first-order valence-electron chi connectivity index (χ1n) is 10.3. The summed E-state index contributed by atoms with van der Waals surface area (Å²) < 4.78 is 11.9. The van der Waals surface area contributed by atoms with E-state index < -0.39 is 11.9 Å². The third kappa shape index (κ3) is 7.07. The van der Waals surface area contributed by atoms with Crippen LogP contribution in [-0.2, 0) is 11.4 Å². The number of nitrogens with zero attached hydrogens (tertiary/aromatic N) is 1. The standard InChI is InChI=1S/C25H23BrClN3O4/c1-16(29-25(32)20-5-3-4-6-21(20)26)24(31)30-28-14-18-9-12-22(23(13-18)33-2)34-15-17-7-10-19(27)11-8-17/h3-14,16H,15H2,1-2H3,(H,29,32)(H,30,31). The second-order valence-corrected chi connectivity index (χ2v) is 8.53. The van der Waals surface area contributed by atoms with Crippen LogP contribution in [0, 0.1) is 0 Å². The van der Waals surface area contributed by atoms with E-state index in [0.717, 1.165) is 5.56 Å². The minimum atomic E-state index is -0.782. The molecule has 9 heteroatoms. The maximum atomic E-state index is 12.3. The highest BCUT2D eigenvalue weighted by molar-refractivity contribution is 9.10. The molecular formula is C25H23BrClN3O4. The summed E-state index contributed by atoms with van der Waals surface area (Å²) in [5.41, 5.74) is 4.54. The van der Waals surface area contributed by atoms with Crippen LogP contribution >= 0.6 is 27.5 Å². The van der Waals surface area contributed by atoms with Crippen molar-refractivity contribution in [3.8, 4) is 11.5 Å². The molecule has 2 amide bonds. The van der Waals surface area contributed by atoms with Crippen LogP contribution in [0.25, 0.3) is 0 Å². The number of carbonyl (C=O) groups excluding carboxylic acids is 2. The summed E-state index contributed by atoms with van der Waals surface area (Å²) in [5.74, 6) is 0.282. The van der Waals surface area contributed by atoms with Crippen molar-refractivity contribution in [1.29, 1.82) is 0 Å². The number of benzene rings is 3. The molecule has 0 fully saturated rings. The minimum Gasteiger partial charge on any atom is -0.493 e. The van der Waals surface area contributed by atoms with Crippen molar-refractivity contribution in [2.24, 2.45) is 5.10 Å². The van der Waals surface area contributed by atoms with Gasteiger partial charge in [-0.15, -0.1) is 0 Å². The van der Waals surface area contributed by atoms with Gasteiger partial charge in [0.2, 0.25) is 0 Å². The zero-order chi connectivity index (χ0) is 24.5. The summed E-state index contributed by atoms with van der Waals surface area (Å²) in [7, 11) is 1.54. The van der Waals surface area contributed by atoms with Crippen LogP contribution in [0.5, 0.6) is 11.5 Å². The second kappa shape index (κ2) is 12.2. The van der Waals surface area contributed by atoms with E-state index in [4.69, 9.17) is 21.1 Å². The Labute approximate surface area is 211 Å². The smallest absolute Gasteiger partial charge is 0.262 e. The van der Waals surface area contributed by atoms with Crippen molar-refractivity contribution in [3.05, 3.63) is 92.9 Å². The van der Waals surface area contributed by atoms with Gasteiger partial charge in [0, 0.05) is 9.50 Å². The molecule has 0 radical (unpaired) electrons. The molecule has 34 heavy (non-hydrogen) atoms. The molecule has 0 saturated heterocycles. The average Bonchev–Trinajstić information content (AvgIpc) is 2.84. The predicted molar refractivity (Wildman–Crippen MR) is 136 cm³/mol. The van der Waals surface area contributed by atoms with Gasteiger partial charge in [0.1, 0.15) is 12.6 Å². The molecule has 3 aromatic rings. The minimum absolute atomic E-state index is 0.361. The second-order valence-electron chi connectivity index (χ2n) is 7.23. The van der Waals surface area contributed by atoms with Crippen LogP contribution in [0.2, 0.25) is 5.02 Å². The van der Waals surface area contributed by atoms with Gasteiger partial charge in [-0.05, 0) is 76.4 Å². The number of methoxy groups -OCH3 is 1. The maximum Gasteiger partial charge on any atom is 0.262 e. The van der Waals surface area contributed by atoms with Crippen LogP contribution in [0.1, 0.15) is 28.4 Å². The van der Waals surface area contributed by atoms with Gasteiger partial charge in [-0.3, -0.25) is 9.59 Å². The third-order valence-electron chi connectivity index (χ3n) is 4.74. The van der Waals surface area contributed by atoms with E-state index in [1.54, 1.807) is 68.6 Å². The average molecular weight is 545 g/mol. The van der Waals surface area contributed by atoms with Gasteiger partial charge in [-0.2, -0.15) is 5.10 Å². The van der Waals surface area contributed by atoms with Crippen molar-refractivity contribution >= 4 is 45.6 Å². The SMILES string of the molecule is COc1cc(C=NNC(=O)C(C)NC(=O)c2ccccc2Br)ccc1OCc1ccc(Cl)cc1. The Hall–Kier alpha value is -3.36. The highest BCUT2D eigenvalue weighted by Gasteiger charge is 2.17. The molecule has 176 valence electrons. The number of hydrazone groups is 1. The molecular weight excluding hydrogens is 522 g/mol. The molecule has 7 nitrogen and oxygen atoms in total. The Morgan fingerprint density at radius 2 is 1.82 bits per heavy atom. The van der Waals surface area contributed by atoms with Crippen LogP contribution in [0.4, 0.5) is 0 Å². The third-order valence-corrected chi connectivity index (χ3v) is 5.69. The van der Waals surface area contributed by atoms with Gasteiger partial charge in [-0.25, -0.2) is 5.43 Å². The number of hydrogen-bond acceptors (Lipinski definition) is 5. The predicted octanol–water partition coefficient (Wildman–Crippen LogP) is 4.96. The Kier molecular flexibility index (Phi) is 9.07. The molecule has 2 N–H and O–H groups in total. The van der Waals surface area contributed by atoms with Crippen molar-refractivity contribution < 1.29 is 19.1 Å². The lowest BCUT2D eigenvalue weighted by Crippen LogP contribution is -2.43. The molecule has 0 aromatic heterocycles. The normalized spacial score (nSPS) is 11.6. The van der Waals surface area contributed by atoms with E-state index in [1.165, 1.54) is 6.21 Å². The molecule has 0 aliphatic rings. The summed E-state index contributed by atoms with van der Waals surface area (Å²) in [4.78, 5) is 24.6. The molecule has 3 rings (SSSR count). The van der Waals surface area contributed by atoms with E-state index >= 15 is 0 Å². The Morgan fingerprint density at radius 3 is 2.53 bits per heavy atom. The van der Waals surface area contributed by atoms with Gasteiger partial charge >= 0.3 is 0 Å². The lowest BCUT2D eigenvalue weighted by Gasteiger charge is -2.13. The van der Waals surface area contributed by atoms with Crippen molar-refractivity contribution in [3.63, 3.8) is 0 Å². The molecule has 1 unspecified atom stereocenters. The summed E-state index contributed by atoms with van der Waals surface area (Å²) in [6.45, 7) is 1.94. The Balaban J connectivity index is 1.55. The quantitative estimate of drug-likeness (QED) is 0.294. The maximum absolute atomic E-state index is 12.3. The summed E-state index contributed by atoms with van der Waals surface area (Å²) in [6.07, 6.45) is 1.48. The number of amides is 2. The highest BCUT2D eigenvalue weighted by atomic mass is 79.9. The monoisotopic (exact) mass is 543 g/mol. The van der Waals surface area contributed by atoms with Gasteiger partial charge in [0.05, 0.1) is 18.9 Å². The van der Waals surface area contributed by atoms with Crippen LogP contribution in [-0.4, -0.2) is 31.2 Å². The van der Waals surface area contributed by atoms with E-state index in [0.29, 0.717) is 38.7 Å². The molecule has 0 heterocycles. The van der Waals surface area contributed by atoms with E-state index in [2.05, 4.69) is 31.8 Å².